The molecule has 1 aliphatic heterocycles. The largest absolute Gasteiger partial charge is 0.370 e. The Morgan fingerprint density at radius 3 is 2.46 bits per heavy atom. The van der Waals surface area contributed by atoms with E-state index in [1.165, 1.54) is 6.07 Å². The second-order valence-corrected chi connectivity index (χ2v) is 6.81. The normalized spacial score (nSPS) is 14.1. The number of hydrogen-bond acceptors (Lipinski definition) is 2. The highest BCUT2D eigenvalue weighted by molar-refractivity contribution is 6.37. The van der Waals surface area contributed by atoms with Crippen molar-refractivity contribution < 1.29 is 9.18 Å². The average Bonchev–Trinajstić information content (AvgIpc) is 3.05. The van der Waals surface area contributed by atoms with Crippen molar-refractivity contribution in [3.05, 3.63) is 56.8 Å². The van der Waals surface area contributed by atoms with Crippen LogP contribution in [0.3, 0.4) is 0 Å². The fraction of sp³-hybridized carbons (Fsp3) is 0.235. The van der Waals surface area contributed by atoms with Gasteiger partial charge in [-0.25, -0.2) is 4.39 Å². The number of benzene rings is 2. The van der Waals surface area contributed by atoms with E-state index in [2.05, 4.69) is 10.2 Å². The molecule has 2 aromatic rings. The summed E-state index contributed by atoms with van der Waals surface area (Å²) in [5, 5.41) is 3.23. The molecule has 1 N–H and O–H groups in total. The van der Waals surface area contributed by atoms with Gasteiger partial charge in [-0.2, -0.15) is 0 Å². The molecule has 0 aliphatic carbocycles. The standard InChI is InChI=1S/C17H14Cl3FN2O/c18-10-3-4-16(23-5-1-2-6-23)15(7-10)22-17(24)11-8-14(21)13(20)9-12(11)19/h3-4,7-9H,1-2,5-6H2,(H,22,24). The Hall–Kier alpha value is -1.49. The van der Waals surface area contributed by atoms with Crippen LogP contribution in [0.5, 0.6) is 0 Å². The summed E-state index contributed by atoms with van der Waals surface area (Å²) in [7, 11) is 0. The van der Waals surface area contributed by atoms with Crippen LogP contribution in [0.15, 0.2) is 30.3 Å². The first-order valence-corrected chi connectivity index (χ1v) is 8.59. The smallest absolute Gasteiger partial charge is 0.257 e. The monoisotopic (exact) mass is 386 g/mol. The van der Waals surface area contributed by atoms with Crippen molar-refractivity contribution in [1.29, 1.82) is 0 Å². The maximum atomic E-state index is 13.6. The van der Waals surface area contributed by atoms with Crippen molar-refractivity contribution in [3.63, 3.8) is 0 Å². The maximum absolute atomic E-state index is 13.6. The number of amides is 1. The molecule has 24 heavy (non-hydrogen) atoms. The Labute approximate surface area is 154 Å². The highest BCUT2D eigenvalue weighted by Crippen LogP contribution is 2.33. The lowest BCUT2D eigenvalue weighted by atomic mass is 10.2. The predicted octanol–water partition coefficient (Wildman–Crippen LogP) is 5.64. The lowest BCUT2D eigenvalue weighted by Gasteiger charge is -2.22. The molecule has 3 rings (SSSR count). The molecule has 3 nitrogen and oxygen atoms in total. The number of rotatable bonds is 3. The molecular weight excluding hydrogens is 374 g/mol. The fourth-order valence-electron chi connectivity index (χ4n) is 2.73. The third-order valence-corrected chi connectivity index (χ3v) is 4.75. The van der Waals surface area contributed by atoms with Gasteiger partial charge in [-0.1, -0.05) is 34.8 Å². The lowest BCUT2D eigenvalue weighted by molar-refractivity contribution is 0.102. The van der Waals surface area contributed by atoms with E-state index in [4.69, 9.17) is 34.8 Å². The molecule has 2 aromatic carbocycles. The van der Waals surface area contributed by atoms with Gasteiger partial charge in [0.05, 0.1) is 27.0 Å². The van der Waals surface area contributed by atoms with E-state index in [9.17, 15) is 9.18 Å². The Kier molecular flexibility index (Phi) is 5.18. The van der Waals surface area contributed by atoms with Crippen LogP contribution in [0.4, 0.5) is 15.8 Å². The van der Waals surface area contributed by atoms with E-state index in [1.807, 2.05) is 6.07 Å². The van der Waals surface area contributed by atoms with E-state index in [0.29, 0.717) is 10.7 Å². The molecule has 1 amide bonds. The second-order valence-electron chi connectivity index (χ2n) is 5.56. The molecule has 0 bridgehead atoms. The summed E-state index contributed by atoms with van der Waals surface area (Å²) < 4.78 is 13.6. The third-order valence-electron chi connectivity index (χ3n) is 3.91. The molecule has 126 valence electrons. The molecule has 1 saturated heterocycles. The van der Waals surface area contributed by atoms with Crippen molar-refractivity contribution >= 4 is 52.1 Å². The summed E-state index contributed by atoms with van der Waals surface area (Å²) in [5.74, 6) is -1.21. The van der Waals surface area contributed by atoms with E-state index in [-0.39, 0.29) is 15.6 Å². The first kappa shape index (κ1) is 17.3. The number of carbonyl (C=O) groups excluding carboxylic acids is 1. The zero-order chi connectivity index (χ0) is 17.3. The van der Waals surface area contributed by atoms with Crippen LogP contribution in [-0.2, 0) is 0 Å². The van der Waals surface area contributed by atoms with Gasteiger partial charge in [0.1, 0.15) is 5.82 Å². The predicted molar refractivity (Wildman–Crippen MR) is 97.3 cm³/mol. The Morgan fingerprint density at radius 2 is 1.75 bits per heavy atom. The van der Waals surface area contributed by atoms with Crippen molar-refractivity contribution in [2.24, 2.45) is 0 Å². The minimum Gasteiger partial charge on any atom is -0.370 e. The highest BCUT2D eigenvalue weighted by Gasteiger charge is 2.19. The van der Waals surface area contributed by atoms with E-state index >= 15 is 0 Å². The van der Waals surface area contributed by atoms with Crippen LogP contribution in [0.2, 0.25) is 15.1 Å². The molecule has 0 spiro atoms. The molecule has 0 unspecified atom stereocenters. The lowest BCUT2D eigenvalue weighted by Crippen LogP contribution is -2.21. The third kappa shape index (κ3) is 3.61. The van der Waals surface area contributed by atoms with Crippen molar-refractivity contribution in [2.45, 2.75) is 12.8 Å². The molecule has 1 fully saturated rings. The minimum atomic E-state index is -0.697. The van der Waals surface area contributed by atoms with Crippen LogP contribution in [0.25, 0.3) is 0 Å². The minimum absolute atomic E-state index is 0.0194. The van der Waals surface area contributed by atoms with Gasteiger partial charge in [0.2, 0.25) is 0 Å². The molecule has 1 aliphatic rings. The van der Waals surface area contributed by atoms with Gasteiger partial charge in [0.15, 0.2) is 0 Å². The van der Waals surface area contributed by atoms with Crippen LogP contribution in [0, 0.1) is 5.82 Å². The van der Waals surface area contributed by atoms with Gasteiger partial charge in [-0.05, 0) is 43.2 Å². The number of nitrogens with one attached hydrogen (secondary N) is 1. The number of carbonyl (C=O) groups is 1. The Bertz CT molecular complexity index is 792. The van der Waals surface area contributed by atoms with Gasteiger partial charge in [-0.3, -0.25) is 4.79 Å². The first-order chi connectivity index (χ1) is 11.5. The zero-order valence-corrected chi connectivity index (χ0v) is 14.9. The van der Waals surface area contributed by atoms with Gasteiger partial charge in [-0.15, -0.1) is 0 Å². The van der Waals surface area contributed by atoms with E-state index < -0.39 is 11.7 Å². The number of anilines is 2. The number of hydrogen-bond donors (Lipinski definition) is 1. The summed E-state index contributed by atoms with van der Waals surface area (Å²) in [5.41, 5.74) is 1.47. The highest BCUT2D eigenvalue weighted by atomic mass is 35.5. The molecule has 0 radical (unpaired) electrons. The second kappa shape index (κ2) is 7.18. The molecule has 0 atom stereocenters. The summed E-state index contributed by atoms with van der Waals surface area (Å²) in [6.45, 7) is 1.83. The van der Waals surface area contributed by atoms with Crippen LogP contribution < -0.4 is 10.2 Å². The zero-order valence-electron chi connectivity index (χ0n) is 12.6. The first-order valence-electron chi connectivity index (χ1n) is 7.46. The van der Waals surface area contributed by atoms with E-state index in [1.54, 1.807) is 12.1 Å². The fourth-order valence-corrected chi connectivity index (χ4v) is 3.37. The van der Waals surface area contributed by atoms with Crippen molar-refractivity contribution in [1.82, 2.24) is 0 Å². The topological polar surface area (TPSA) is 32.3 Å². The molecule has 7 heteroatoms. The molecule has 1 heterocycles. The summed E-state index contributed by atoms with van der Waals surface area (Å²) in [6, 6.07) is 7.56. The van der Waals surface area contributed by atoms with Crippen LogP contribution in [-0.4, -0.2) is 19.0 Å². The molecule has 0 aromatic heterocycles. The summed E-state index contributed by atoms with van der Waals surface area (Å²) >= 11 is 17.7. The molecular formula is C17H14Cl3FN2O. The van der Waals surface area contributed by atoms with Gasteiger partial charge >= 0.3 is 0 Å². The van der Waals surface area contributed by atoms with Crippen molar-refractivity contribution in [2.75, 3.05) is 23.3 Å². The maximum Gasteiger partial charge on any atom is 0.257 e. The summed E-state index contributed by atoms with van der Waals surface area (Å²) in [4.78, 5) is 14.7. The Balaban J connectivity index is 1.92. The number of halogens is 4. The number of nitrogens with zero attached hydrogens (tertiary/aromatic N) is 1. The quantitative estimate of drug-likeness (QED) is 0.691. The average molecular weight is 388 g/mol. The summed E-state index contributed by atoms with van der Waals surface area (Å²) in [6.07, 6.45) is 2.20. The van der Waals surface area contributed by atoms with Crippen LogP contribution in [0.1, 0.15) is 23.2 Å². The van der Waals surface area contributed by atoms with Gasteiger partial charge < -0.3 is 10.2 Å². The molecule has 0 saturated carbocycles. The Morgan fingerprint density at radius 1 is 1.04 bits per heavy atom. The van der Waals surface area contributed by atoms with Crippen molar-refractivity contribution in [3.8, 4) is 0 Å². The van der Waals surface area contributed by atoms with E-state index in [0.717, 1.165) is 37.7 Å². The van der Waals surface area contributed by atoms with Crippen LogP contribution >= 0.6 is 34.8 Å². The van der Waals surface area contributed by atoms with Gasteiger partial charge in [0, 0.05) is 18.1 Å². The van der Waals surface area contributed by atoms with Gasteiger partial charge in [0.25, 0.3) is 5.91 Å². The SMILES string of the molecule is O=C(Nc1cc(Cl)ccc1N1CCCC1)c1cc(F)c(Cl)cc1Cl.